The molecule has 0 saturated heterocycles. The van der Waals surface area contributed by atoms with E-state index in [1.807, 2.05) is 37.5 Å². The van der Waals surface area contributed by atoms with Gasteiger partial charge in [-0.25, -0.2) is 4.98 Å². The predicted molar refractivity (Wildman–Crippen MR) is 66.3 cm³/mol. The Morgan fingerprint density at radius 3 is 3.25 bits per heavy atom. The van der Waals surface area contributed by atoms with Gasteiger partial charge in [-0.15, -0.1) is 0 Å². The summed E-state index contributed by atoms with van der Waals surface area (Å²) < 4.78 is 2.11. The lowest BCUT2D eigenvalue weighted by Gasteiger charge is -2.02. The number of hydrogen-bond acceptors (Lipinski definition) is 2. The van der Waals surface area contributed by atoms with Crippen LogP contribution >= 0.6 is 0 Å². The van der Waals surface area contributed by atoms with Crippen LogP contribution in [0.2, 0.25) is 0 Å². The van der Waals surface area contributed by atoms with E-state index in [0.717, 1.165) is 25.2 Å². The van der Waals surface area contributed by atoms with Gasteiger partial charge in [-0.3, -0.25) is 0 Å². The van der Waals surface area contributed by atoms with Gasteiger partial charge in [0.05, 0.1) is 11.9 Å². The van der Waals surface area contributed by atoms with Crippen LogP contribution in [0.4, 0.5) is 0 Å². The highest BCUT2D eigenvalue weighted by atomic mass is 15.0. The van der Waals surface area contributed by atoms with Crippen LogP contribution in [0.1, 0.15) is 19.0 Å². The maximum Gasteiger partial charge on any atom is 0.136 e. The van der Waals surface area contributed by atoms with Gasteiger partial charge in [0.25, 0.3) is 0 Å². The predicted octanol–water partition coefficient (Wildman–Crippen LogP) is 2.39. The van der Waals surface area contributed by atoms with Crippen molar-refractivity contribution in [1.82, 2.24) is 14.7 Å². The van der Waals surface area contributed by atoms with Crippen molar-refractivity contribution in [2.75, 3.05) is 6.54 Å². The third-order valence-corrected chi connectivity index (χ3v) is 2.52. The topological polar surface area (TPSA) is 29.3 Å². The molecule has 0 aliphatic rings. The van der Waals surface area contributed by atoms with E-state index in [9.17, 15) is 0 Å². The summed E-state index contributed by atoms with van der Waals surface area (Å²) in [6, 6.07) is 6.05. The Hall–Kier alpha value is -1.61. The Balaban J connectivity index is 1.94. The van der Waals surface area contributed by atoms with Crippen LogP contribution in [0.5, 0.6) is 0 Å². The Labute approximate surface area is 95.8 Å². The summed E-state index contributed by atoms with van der Waals surface area (Å²) in [6.45, 7) is 3.91. The smallest absolute Gasteiger partial charge is 0.136 e. The summed E-state index contributed by atoms with van der Waals surface area (Å²) in [7, 11) is 0. The molecule has 3 heteroatoms. The molecule has 2 rings (SSSR count). The molecule has 0 aliphatic carbocycles. The highest BCUT2D eigenvalue weighted by molar-refractivity contribution is 5.39. The molecule has 0 fully saturated rings. The van der Waals surface area contributed by atoms with E-state index >= 15 is 0 Å². The van der Waals surface area contributed by atoms with E-state index in [4.69, 9.17) is 0 Å². The Kier molecular flexibility index (Phi) is 3.72. The highest BCUT2D eigenvalue weighted by Crippen LogP contribution is 2.05. The summed E-state index contributed by atoms with van der Waals surface area (Å²) in [5.41, 5.74) is 2.21. The van der Waals surface area contributed by atoms with Crippen molar-refractivity contribution >= 4 is 5.65 Å². The number of hydrogen-bond donors (Lipinski definition) is 1. The lowest BCUT2D eigenvalue weighted by atomic mass is 10.3. The van der Waals surface area contributed by atoms with E-state index in [2.05, 4.69) is 26.9 Å². The fourth-order valence-electron chi connectivity index (χ4n) is 1.68. The number of pyridine rings is 1. The molecule has 0 unspecified atom stereocenters. The highest BCUT2D eigenvalue weighted by Gasteiger charge is 2.00. The molecule has 0 aromatic carbocycles. The number of fused-ring (bicyclic) bond motifs is 1. The first kappa shape index (κ1) is 10.9. The van der Waals surface area contributed by atoms with Crippen molar-refractivity contribution in [3.63, 3.8) is 0 Å². The van der Waals surface area contributed by atoms with Gasteiger partial charge in [-0.1, -0.05) is 18.2 Å². The normalized spacial score (nSPS) is 11.6. The van der Waals surface area contributed by atoms with Crippen LogP contribution in [0, 0.1) is 0 Å². The second-order valence-corrected chi connectivity index (χ2v) is 3.71. The molecule has 0 amide bonds. The monoisotopic (exact) mass is 215 g/mol. The largest absolute Gasteiger partial charge is 0.311 e. The Morgan fingerprint density at radius 1 is 1.44 bits per heavy atom. The van der Waals surface area contributed by atoms with Crippen molar-refractivity contribution in [3.8, 4) is 0 Å². The van der Waals surface area contributed by atoms with Crippen LogP contribution in [0.25, 0.3) is 5.65 Å². The molecule has 3 nitrogen and oxygen atoms in total. The maximum atomic E-state index is 4.34. The SMILES string of the molecule is C/C=C/CCNCc1cnc2ccccn12. The lowest BCUT2D eigenvalue weighted by molar-refractivity contribution is 0.678. The molecule has 84 valence electrons. The molecule has 0 aliphatic heterocycles. The minimum Gasteiger partial charge on any atom is -0.311 e. The molecular formula is C13H17N3. The molecule has 0 atom stereocenters. The molecule has 16 heavy (non-hydrogen) atoms. The van der Waals surface area contributed by atoms with E-state index in [0.29, 0.717) is 0 Å². The number of imidazole rings is 1. The van der Waals surface area contributed by atoms with Crippen LogP contribution in [-0.4, -0.2) is 15.9 Å². The molecule has 0 radical (unpaired) electrons. The van der Waals surface area contributed by atoms with Crippen molar-refractivity contribution in [2.45, 2.75) is 19.9 Å². The molecule has 1 N–H and O–H groups in total. The second-order valence-electron chi connectivity index (χ2n) is 3.71. The molecular weight excluding hydrogens is 198 g/mol. The minimum absolute atomic E-state index is 0.864. The zero-order valence-electron chi connectivity index (χ0n) is 9.56. The van der Waals surface area contributed by atoms with Crippen molar-refractivity contribution in [3.05, 3.63) is 48.4 Å². The van der Waals surface area contributed by atoms with Gasteiger partial charge in [0.1, 0.15) is 5.65 Å². The summed E-state index contributed by atoms with van der Waals surface area (Å²) in [6.07, 6.45) is 9.30. The number of aromatic nitrogens is 2. The summed E-state index contributed by atoms with van der Waals surface area (Å²) >= 11 is 0. The average Bonchev–Trinajstić information content (AvgIpc) is 2.73. The molecule has 0 saturated carbocycles. The van der Waals surface area contributed by atoms with E-state index in [-0.39, 0.29) is 0 Å². The number of allylic oxidation sites excluding steroid dienone is 1. The van der Waals surface area contributed by atoms with Gasteiger partial charge in [0, 0.05) is 12.7 Å². The molecule has 2 aromatic rings. The van der Waals surface area contributed by atoms with Gasteiger partial charge in [0.15, 0.2) is 0 Å². The summed E-state index contributed by atoms with van der Waals surface area (Å²) in [4.78, 5) is 4.34. The standard InChI is InChI=1S/C13H17N3/c1-2-3-5-8-14-10-12-11-15-13-7-4-6-9-16(12)13/h2-4,6-7,9,11,14H,5,8,10H2,1H3/b3-2+. The Morgan fingerprint density at radius 2 is 2.38 bits per heavy atom. The fourth-order valence-corrected chi connectivity index (χ4v) is 1.68. The van der Waals surface area contributed by atoms with Crippen molar-refractivity contribution in [1.29, 1.82) is 0 Å². The zero-order valence-corrected chi connectivity index (χ0v) is 9.56. The first-order valence-corrected chi connectivity index (χ1v) is 5.64. The molecule has 2 heterocycles. The van der Waals surface area contributed by atoms with E-state index < -0.39 is 0 Å². The molecule has 0 spiro atoms. The second kappa shape index (κ2) is 5.47. The molecule has 2 aromatic heterocycles. The maximum absolute atomic E-state index is 4.34. The van der Waals surface area contributed by atoms with Crippen LogP contribution in [0.15, 0.2) is 42.7 Å². The van der Waals surface area contributed by atoms with Gasteiger partial charge < -0.3 is 9.72 Å². The first-order chi connectivity index (χ1) is 7.92. The quantitative estimate of drug-likeness (QED) is 0.613. The van der Waals surface area contributed by atoms with Crippen LogP contribution < -0.4 is 5.32 Å². The van der Waals surface area contributed by atoms with Gasteiger partial charge in [-0.05, 0) is 32.0 Å². The fraction of sp³-hybridized carbons (Fsp3) is 0.308. The van der Waals surface area contributed by atoms with E-state index in [1.165, 1.54) is 5.69 Å². The lowest BCUT2D eigenvalue weighted by Crippen LogP contribution is -2.15. The number of nitrogens with one attached hydrogen (secondary N) is 1. The minimum atomic E-state index is 0.864. The third kappa shape index (κ3) is 2.49. The average molecular weight is 215 g/mol. The summed E-state index contributed by atoms with van der Waals surface area (Å²) in [5, 5.41) is 3.40. The number of rotatable bonds is 5. The van der Waals surface area contributed by atoms with Crippen molar-refractivity contribution < 1.29 is 0 Å². The zero-order chi connectivity index (χ0) is 11.2. The van der Waals surface area contributed by atoms with Crippen LogP contribution in [-0.2, 0) is 6.54 Å². The van der Waals surface area contributed by atoms with Gasteiger partial charge in [0.2, 0.25) is 0 Å². The van der Waals surface area contributed by atoms with Crippen LogP contribution in [0.3, 0.4) is 0 Å². The van der Waals surface area contributed by atoms with E-state index in [1.54, 1.807) is 0 Å². The van der Waals surface area contributed by atoms with Gasteiger partial charge >= 0.3 is 0 Å². The molecule has 0 bridgehead atoms. The van der Waals surface area contributed by atoms with Gasteiger partial charge in [-0.2, -0.15) is 0 Å². The van der Waals surface area contributed by atoms with Crippen molar-refractivity contribution in [2.24, 2.45) is 0 Å². The Bertz CT molecular complexity index is 471. The number of nitrogens with zero attached hydrogens (tertiary/aromatic N) is 2. The first-order valence-electron chi connectivity index (χ1n) is 5.64. The third-order valence-electron chi connectivity index (χ3n) is 2.52. The summed E-state index contributed by atoms with van der Waals surface area (Å²) in [5.74, 6) is 0.